The molecule has 7 nitrogen and oxygen atoms in total. The van der Waals surface area contributed by atoms with Crippen LogP contribution in [-0.4, -0.2) is 56.6 Å². The molecule has 36 heavy (non-hydrogen) atoms. The molecule has 0 spiro atoms. The fraction of sp³-hybridized carbons (Fsp3) is 0.241. The Morgan fingerprint density at radius 2 is 1.58 bits per heavy atom. The average Bonchev–Trinajstić information content (AvgIpc) is 3.16. The lowest BCUT2D eigenvalue weighted by atomic mass is 9.95. The van der Waals surface area contributed by atoms with E-state index in [9.17, 15) is 14.7 Å². The van der Waals surface area contributed by atoms with E-state index >= 15 is 0 Å². The third-order valence-electron chi connectivity index (χ3n) is 6.41. The molecule has 4 rings (SSSR count). The number of rotatable bonds is 8. The number of ketones is 1. The van der Waals surface area contributed by atoms with Crippen molar-refractivity contribution in [3.05, 3.63) is 95.1 Å². The van der Waals surface area contributed by atoms with Crippen LogP contribution in [0, 0.1) is 0 Å². The molecule has 0 radical (unpaired) electrons. The fourth-order valence-electron chi connectivity index (χ4n) is 4.38. The lowest BCUT2D eigenvalue weighted by Crippen LogP contribution is -2.31. The second-order valence-electron chi connectivity index (χ2n) is 8.81. The van der Waals surface area contributed by atoms with E-state index < -0.39 is 17.7 Å². The summed E-state index contributed by atoms with van der Waals surface area (Å²) in [5.41, 5.74) is 3.23. The zero-order valence-electron chi connectivity index (χ0n) is 20.9. The summed E-state index contributed by atoms with van der Waals surface area (Å²) in [6, 6.07) is 21.4. The van der Waals surface area contributed by atoms with Crippen molar-refractivity contribution < 1.29 is 24.2 Å². The molecule has 7 heteroatoms. The number of carbonyl (C=O) groups is 2. The maximum absolute atomic E-state index is 13.3. The van der Waals surface area contributed by atoms with Crippen LogP contribution in [-0.2, 0) is 16.0 Å². The number of likely N-dealkylation sites (tertiary alicyclic amines) is 1. The summed E-state index contributed by atoms with van der Waals surface area (Å²) < 4.78 is 10.5. The monoisotopic (exact) mass is 486 g/mol. The van der Waals surface area contributed by atoms with Gasteiger partial charge in [0.25, 0.3) is 11.7 Å². The number of amides is 1. The number of Topliss-reactive ketones (excluding diaryl/α,β-unsaturated/α-hetero) is 1. The minimum atomic E-state index is -0.717. The van der Waals surface area contributed by atoms with Crippen molar-refractivity contribution >= 4 is 23.1 Å². The summed E-state index contributed by atoms with van der Waals surface area (Å²) in [7, 11) is 7.03. The van der Waals surface area contributed by atoms with E-state index in [1.54, 1.807) is 36.3 Å². The number of hydrogen-bond donors (Lipinski definition) is 1. The van der Waals surface area contributed by atoms with E-state index in [2.05, 4.69) is 0 Å². The van der Waals surface area contributed by atoms with Gasteiger partial charge in [0.1, 0.15) is 17.3 Å². The Labute approximate surface area is 211 Å². The van der Waals surface area contributed by atoms with Gasteiger partial charge in [0.15, 0.2) is 0 Å². The van der Waals surface area contributed by atoms with E-state index in [1.165, 1.54) is 7.11 Å². The number of benzene rings is 3. The van der Waals surface area contributed by atoms with Crippen molar-refractivity contribution in [3.8, 4) is 11.5 Å². The van der Waals surface area contributed by atoms with Crippen LogP contribution in [0.3, 0.4) is 0 Å². The molecule has 1 amide bonds. The highest BCUT2D eigenvalue weighted by Crippen LogP contribution is 2.40. The van der Waals surface area contributed by atoms with Crippen LogP contribution in [0.5, 0.6) is 11.5 Å². The number of aliphatic hydroxyl groups excluding tert-OH is 1. The molecular weight excluding hydrogens is 456 g/mol. The Morgan fingerprint density at radius 3 is 2.19 bits per heavy atom. The third kappa shape index (κ3) is 4.91. The molecule has 1 aliphatic heterocycles. The lowest BCUT2D eigenvalue weighted by Gasteiger charge is -2.26. The zero-order chi connectivity index (χ0) is 25.8. The van der Waals surface area contributed by atoms with Gasteiger partial charge in [0, 0.05) is 31.9 Å². The topological polar surface area (TPSA) is 79.3 Å². The highest BCUT2D eigenvalue weighted by Gasteiger charge is 2.45. The predicted molar refractivity (Wildman–Crippen MR) is 139 cm³/mol. The summed E-state index contributed by atoms with van der Waals surface area (Å²) in [6.07, 6.45) is 0.544. The van der Waals surface area contributed by atoms with Crippen LogP contribution in [0.25, 0.3) is 5.76 Å². The number of carbonyl (C=O) groups excluding carboxylic acids is 2. The Morgan fingerprint density at radius 1 is 0.917 bits per heavy atom. The number of nitrogens with zero attached hydrogens (tertiary/aromatic N) is 2. The molecule has 3 aromatic carbocycles. The molecule has 1 fully saturated rings. The SMILES string of the molecule is COc1ccc(CCN2C(=O)C(=O)/C(=C(\O)c3cccc(OC)c3)C2c2ccc(N(C)C)cc2)cc1. The smallest absolute Gasteiger partial charge is 0.295 e. The maximum atomic E-state index is 13.3. The summed E-state index contributed by atoms with van der Waals surface area (Å²) >= 11 is 0. The Balaban J connectivity index is 1.76. The molecule has 1 saturated heterocycles. The minimum Gasteiger partial charge on any atom is -0.507 e. The van der Waals surface area contributed by atoms with Crippen LogP contribution in [0.2, 0.25) is 0 Å². The molecular formula is C29H30N2O5. The van der Waals surface area contributed by atoms with E-state index in [-0.39, 0.29) is 11.3 Å². The predicted octanol–water partition coefficient (Wildman–Crippen LogP) is 4.43. The van der Waals surface area contributed by atoms with E-state index in [0.717, 1.165) is 22.6 Å². The van der Waals surface area contributed by atoms with Gasteiger partial charge in [-0.05, 0) is 53.9 Å². The van der Waals surface area contributed by atoms with Crippen LogP contribution in [0.4, 0.5) is 5.69 Å². The Hall–Kier alpha value is -4.26. The van der Waals surface area contributed by atoms with Crippen molar-refractivity contribution in [3.63, 3.8) is 0 Å². The quantitative estimate of drug-likeness (QED) is 0.288. The van der Waals surface area contributed by atoms with E-state index in [0.29, 0.717) is 24.3 Å². The van der Waals surface area contributed by atoms with Crippen LogP contribution >= 0.6 is 0 Å². The number of hydrogen-bond acceptors (Lipinski definition) is 6. The molecule has 1 aliphatic rings. The fourth-order valence-corrected chi connectivity index (χ4v) is 4.38. The number of anilines is 1. The standard InChI is InChI=1S/C29H30N2O5/c1-30(2)22-12-10-20(11-13-22)26-25(27(32)21-6-5-7-24(18-21)36-4)28(33)29(34)31(26)17-16-19-8-14-23(35-3)15-9-19/h5-15,18,26,32H,16-17H2,1-4H3/b27-25-. The average molecular weight is 487 g/mol. The normalized spacial score (nSPS) is 16.8. The van der Waals surface area contributed by atoms with Gasteiger partial charge in [-0.25, -0.2) is 0 Å². The molecule has 0 aromatic heterocycles. The second kappa shape index (κ2) is 10.6. The summed E-state index contributed by atoms with van der Waals surface area (Å²) in [4.78, 5) is 30.0. The maximum Gasteiger partial charge on any atom is 0.295 e. The Kier molecular flexibility index (Phi) is 7.29. The van der Waals surface area contributed by atoms with Gasteiger partial charge in [0.05, 0.1) is 25.8 Å². The van der Waals surface area contributed by atoms with Crippen LogP contribution in [0.1, 0.15) is 22.7 Å². The number of aliphatic hydroxyl groups is 1. The first-order valence-electron chi connectivity index (χ1n) is 11.7. The van der Waals surface area contributed by atoms with Gasteiger partial charge in [-0.15, -0.1) is 0 Å². The molecule has 0 aliphatic carbocycles. The molecule has 0 saturated carbocycles. The van der Waals surface area contributed by atoms with Gasteiger partial charge in [-0.3, -0.25) is 9.59 Å². The minimum absolute atomic E-state index is 0.0700. The van der Waals surface area contributed by atoms with Crippen molar-refractivity contribution in [1.29, 1.82) is 0 Å². The first kappa shape index (κ1) is 24.9. The van der Waals surface area contributed by atoms with Crippen molar-refractivity contribution in [2.45, 2.75) is 12.5 Å². The molecule has 186 valence electrons. The molecule has 3 aromatic rings. The van der Waals surface area contributed by atoms with Gasteiger partial charge in [-0.1, -0.05) is 36.4 Å². The highest BCUT2D eigenvalue weighted by molar-refractivity contribution is 6.46. The van der Waals surface area contributed by atoms with Gasteiger partial charge < -0.3 is 24.4 Å². The van der Waals surface area contributed by atoms with Gasteiger partial charge in [0.2, 0.25) is 0 Å². The summed E-state index contributed by atoms with van der Waals surface area (Å²) in [6.45, 7) is 0.311. The van der Waals surface area contributed by atoms with E-state index in [1.807, 2.05) is 67.5 Å². The molecule has 0 bridgehead atoms. The first-order valence-corrected chi connectivity index (χ1v) is 11.7. The third-order valence-corrected chi connectivity index (χ3v) is 6.41. The van der Waals surface area contributed by atoms with Crippen molar-refractivity contribution in [2.24, 2.45) is 0 Å². The molecule has 1 heterocycles. The van der Waals surface area contributed by atoms with Crippen LogP contribution in [0.15, 0.2) is 78.4 Å². The van der Waals surface area contributed by atoms with Gasteiger partial charge in [-0.2, -0.15) is 0 Å². The number of methoxy groups -OCH3 is 2. The van der Waals surface area contributed by atoms with Crippen LogP contribution < -0.4 is 14.4 Å². The Bertz CT molecular complexity index is 1280. The van der Waals surface area contributed by atoms with E-state index in [4.69, 9.17) is 9.47 Å². The highest BCUT2D eigenvalue weighted by atomic mass is 16.5. The summed E-state index contributed by atoms with van der Waals surface area (Å²) in [5.74, 6) is -0.264. The second-order valence-corrected chi connectivity index (χ2v) is 8.81. The van der Waals surface area contributed by atoms with Gasteiger partial charge >= 0.3 is 0 Å². The summed E-state index contributed by atoms with van der Waals surface area (Å²) in [5, 5.41) is 11.3. The zero-order valence-corrected chi connectivity index (χ0v) is 20.9. The number of ether oxygens (including phenoxy) is 2. The molecule has 1 atom stereocenters. The van der Waals surface area contributed by atoms with Crippen molar-refractivity contribution in [1.82, 2.24) is 4.90 Å². The largest absolute Gasteiger partial charge is 0.507 e. The molecule has 1 N–H and O–H groups in total. The van der Waals surface area contributed by atoms with Crippen molar-refractivity contribution in [2.75, 3.05) is 39.8 Å². The lowest BCUT2D eigenvalue weighted by molar-refractivity contribution is -0.139. The molecule has 1 unspecified atom stereocenters. The first-order chi connectivity index (χ1) is 17.3.